The lowest BCUT2D eigenvalue weighted by Crippen LogP contribution is -2.29. The normalized spacial score (nSPS) is 16.9. The molecule has 7 nitrogen and oxygen atoms in total. The third-order valence-corrected chi connectivity index (χ3v) is 5.74. The number of amides is 1. The van der Waals surface area contributed by atoms with E-state index < -0.39 is 0 Å². The molecule has 1 aliphatic carbocycles. The summed E-state index contributed by atoms with van der Waals surface area (Å²) in [7, 11) is 0. The Labute approximate surface area is 163 Å². The number of pyridine rings is 1. The maximum Gasteiger partial charge on any atom is 0.259 e. The van der Waals surface area contributed by atoms with E-state index in [1.165, 1.54) is 5.56 Å². The Morgan fingerprint density at radius 3 is 3.00 bits per heavy atom. The molecule has 0 aromatic carbocycles. The molecule has 4 heterocycles. The topological polar surface area (TPSA) is 87.6 Å². The van der Waals surface area contributed by atoms with Crippen LogP contribution in [0.1, 0.15) is 46.9 Å². The van der Waals surface area contributed by atoms with Gasteiger partial charge in [-0.1, -0.05) is 6.07 Å². The number of fused-ring (bicyclic) bond motifs is 3. The SMILES string of the molecule is O=C(Nc1ccn(C2CCNCC2)n1)c1c[nH]c2c1-c1ncccc1CCC2. The fraction of sp³-hybridized carbons (Fsp3) is 0.381. The summed E-state index contributed by atoms with van der Waals surface area (Å²) < 4.78 is 1.98. The van der Waals surface area contributed by atoms with Crippen LogP contribution in [0.15, 0.2) is 36.8 Å². The number of aromatic amines is 1. The maximum absolute atomic E-state index is 13.0. The van der Waals surface area contributed by atoms with Gasteiger partial charge in [-0.2, -0.15) is 5.10 Å². The highest BCUT2D eigenvalue weighted by Crippen LogP contribution is 2.33. The molecule has 7 heteroatoms. The van der Waals surface area contributed by atoms with Crippen molar-refractivity contribution in [1.82, 2.24) is 25.1 Å². The average molecular weight is 376 g/mol. The minimum Gasteiger partial charge on any atom is -0.364 e. The molecule has 1 fully saturated rings. The molecule has 0 unspecified atom stereocenters. The zero-order valence-corrected chi connectivity index (χ0v) is 15.7. The standard InChI is InChI=1S/C21H24N6O/c28-21(25-18-8-12-27(26-18)15-6-10-22-11-7-15)16-13-24-17-5-1-3-14-4-2-9-23-20(14)19(16)17/h2,4,8-9,12-13,15,22,24H,1,3,5-7,10-11H2,(H,25,26,28). The predicted molar refractivity (Wildman–Crippen MR) is 107 cm³/mol. The molecule has 3 N–H and O–H groups in total. The molecule has 0 spiro atoms. The van der Waals surface area contributed by atoms with Crippen molar-refractivity contribution < 1.29 is 4.79 Å². The van der Waals surface area contributed by atoms with E-state index in [4.69, 9.17) is 0 Å². The zero-order valence-electron chi connectivity index (χ0n) is 15.7. The molecule has 3 aromatic rings. The van der Waals surface area contributed by atoms with Gasteiger partial charge >= 0.3 is 0 Å². The number of piperidine rings is 1. The van der Waals surface area contributed by atoms with Gasteiger partial charge in [0.15, 0.2) is 5.82 Å². The van der Waals surface area contributed by atoms with Gasteiger partial charge in [0.2, 0.25) is 0 Å². The van der Waals surface area contributed by atoms with Crippen molar-refractivity contribution in [2.75, 3.05) is 18.4 Å². The van der Waals surface area contributed by atoms with Crippen LogP contribution in [0.3, 0.4) is 0 Å². The molecular formula is C21H24N6O. The van der Waals surface area contributed by atoms with Crippen LogP contribution >= 0.6 is 0 Å². The number of rotatable bonds is 3. The lowest BCUT2D eigenvalue weighted by molar-refractivity contribution is 0.102. The van der Waals surface area contributed by atoms with Crippen LogP contribution in [0.25, 0.3) is 11.3 Å². The highest BCUT2D eigenvalue weighted by atomic mass is 16.1. The highest BCUT2D eigenvalue weighted by Gasteiger charge is 2.24. The van der Waals surface area contributed by atoms with Crippen LogP contribution in [-0.4, -0.2) is 38.7 Å². The fourth-order valence-corrected chi connectivity index (χ4v) is 4.30. The predicted octanol–water partition coefficient (Wildman–Crippen LogP) is 2.94. The van der Waals surface area contributed by atoms with Gasteiger partial charge < -0.3 is 15.6 Å². The molecule has 0 saturated carbocycles. The van der Waals surface area contributed by atoms with E-state index in [0.29, 0.717) is 17.4 Å². The molecule has 1 saturated heterocycles. The summed E-state index contributed by atoms with van der Waals surface area (Å²) in [4.78, 5) is 20.9. The number of aryl methyl sites for hydroxylation is 2. The number of carbonyl (C=O) groups excluding carboxylic acids is 1. The first kappa shape index (κ1) is 17.2. The van der Waals surface area contributed by atoms with Gasteiger partial charge in [-0.05, 0) is 56.8 Å². The van der Waals surface area contributed by atoms with Crippen molar-refractivity contribution in [1.29, 1.82) is 0 Å². The highest BCUT2D eigenvalue weighted by molar-refractivity contribution is 6.08. The molecule has 3 aromatic heterocycles. The second-order valence-corrected chi connectivity index (χ2v) is 7.54. The number of aromatic nitrogens is 4. The lowest BCUT2D eigenvalue weighted by Gasteiger charge is -2.22. The summed E-state index contributed by atoms with van der Waals surface area (Å²) in [6.45, 7) is 2.02. The molecule has 28 heavy (non-hydrogen) atoms. The van der Waals surface area contributed by atoms with Crippen LogP contribution in [0, 0.1) is 0 Å². The van der Waals surface area contributed by atoms with Gasteiger partial charge in [-0.3, -0.25) is 14.5 Å². The van der Waals surface area contributed by atoms with E-state index in [2.05, 4.69) is 31.8 Å². The van der Waals surface area contributed by atoms with E-state index in [-0.39, 0.29) is 5.91 Å². The van der Waals surface area contributed by atoms with Gasteiger partial charge in [0.25, 0.3) is 5.91 Å². The number of nitrogens with zero attached hydrogens (tertiary/aromatic N) is 3. The molecule has 0 atom stereocenters. The minimum atomic E-state index is -0.147. The van der Waals surface area contributed by atoms with E-state index in [1.807, 2.05) is 23.0 Å². The van der Waals surface area contributed by atoms with Crippen molar-refractivity contribution in [2.45, 2.75) is 38.1 Å². The lowest BCUT2D eigenvalue weighted by atomic mass is 10.0. The van der Waals surface area contributed by atoms with Crippen LogP contribution < -0.4 is 10.6 Å². The first-order valence-electron chi connectivity index (χ1n) is 10.0. The molecule has 2 aliphatic rings. The summed E-state index contributed by atoms with van der Waals surface area (Å²) >= 11 is 0. The van der Waals surface area contributed by atoms with Gasteiger partial charge in [-0.15, -0.1) is 0 Å². The Bertz CT molecular complexity index is 998. The fourth-order valence-electron chi connectivity index (χ4n) is 4.30. The molecular weight excluding hydrogens is 352 g/mol. The van der Waals surface area contributed by atoms with E-state index >= 15 is 0 Å². The molecule has 1 aliphatic heterocycles. The maximum atomic E-state index is 13.0. The van der Waals surface area contributed by atoms with E-state index in [1.54, 1.807) is 12.4 Å². The number of nitrogens with one attached hydrogen (secondary N) is 3. The van der Waals surface area contributed by atoms with Crippen LogP contribution in [0.4, 0.5) is 5.82 Å². The van der Waals surface area contributed by atoms with Crippen molar-refractivity contribution in [3.63, 3.8) is 0 Å². The Hall–Kier alpha value is -2.93. The molecule has 0 bridgehead atoms. The second kappa shape index (κ2) is 7.24. The van der Waals surface area contributed by atoms with Gasteiger partial charge in [0.05, 0.1) is 17.3 Å². The minimum absolute atomic E-state index is 0.147. The van der Waals surface area contributed by atoms with Crippen LogP contribution in [-0.2, 0) is 12.8 Å². The Kier molecular flexibility index (Phi) is 4.44. The van der Waals surface area contributed by atoms with Gasteiger partial charge in [0.1, 0.15) is 0 Å². The Morgan fingerprint density at radius 2 is 2.11 bits per heavy atom. The van der Waals surface area contributed by atoms with Crippen LogP contribution in [0.5, 0.6) is 0 Å². The van der Waals surface area contributed by atoms with Crippen molar-refractivity contribution in [2.24, 2.45) is 0 Å². The zero-order chi connectivity index (χ0) is 18.9. The molecule has 5 rings (SSSR count). The van der Waals surface area contributed by atoms with Crippen molar-refractivity contribution >= 4 is 11.7 Å². The number of carbonyl (C=O) groups is 1. The molecule has 1 amide bonds. The summed E-state index contributed by atoms with van der Waals surface area (Å²) in [5.74, 6) is 0.444. The Balaban J connectivity index is 1.41. The summed E-state index contributed by atoms with van der Waals surface area (Å²) in [5.41, 5.74) is 4.77. The van der Waals surface area contributed by atoms with Gasteiger partial charge in [-0.25, -0.2) is 0 Å². The quantitative estimate of drug-likeness (QED) is 0.656. The summed E-state index contributed by atoms with van der Waals surface area (Å²) in [6, 6.07) is 6.33. The van der Waals surface area contributed by atoms with E-state index in [0.717, 1.165) is 62.1 Å². The van der Waals surface area contributed by atoms with Crippen molar-refractivity contribution in [3.05, 3.63) is 53.6 Å². The average Bonchev–Trinajstić information content (AvgIpc) is 3.32. The second-order valence-electron chi connectivity index (χ2n) is 7.54. The first-order chi connectivity index (χ1) is 13.8. The monoisotopic (exact) mass is 376 g/mol. The molecule has 144 valence electrons. The number of anilines is 1. The van der Waals surface area contributed by atoms with Crippen LogP contribution in [0.2, 0.25) is 0 Å². The number of hydrogen-bond acceptors (Lipinski definition) is 4. The van der Waals surface area contributed by atoms with Gasteiger partial charge in [0, 0.05) is 35.9 Å². The third kappa shape index (κ3) is 3.11. The Morgan fingerprint density at radius 1 is 1.21 bits per heavy atom. The smallest absolute Gasteiger partial charge is 0.259 e. The summed E-state index contributed by atoms with van der Waals surface area (Å²) in [6.07, 6.45) is 10.6. The summed E-state index contributed by atoms with van der Waals surface area (Å²) in [5, 5.41) is 10.9. The van der Waals surface area contributed by atoms with Crippen molar-refractivity contribution in [3.8, 4) is 11.3 Å². The first-order valence-corrected chi connectivity index (χ1v) is 10.0. The van der Waals surface area contributed by atoms with E-state index in [9.17, 15) is 4.79 Å². The largest absolute Gasteiger partial charge is 0.364 e. The number of hydrogen-bond donors (Lipinski definition) is 3. The molecule has 0 radical (unpaired) electrons. The third-order valence-electron chi connectivity index (χ3n) is 5.74. The number of H-pyrrole nitrogens is 1.